The van der Waals surface area contributed by atoms with Gasteiger partial charge < -0.3 is 14.6 Å². The summed E-state index contributed by atoms with van der Waals surface area (Å²) in [5.74, 6) is 1.25. The van der Waals surface area contributed by atoms with Gasteiger partial charge in [0.25, 0.3) is 0 Å². The van der Waals surface area contributed by atoms with Gasteiger partial charge in [-0.05, 0) is 50.9 Å². The number of hydrogen-bond donors (Lipinski definition) is 1. The maximum Gasteiger partial charge on any atom is 0.0861 e. The van der Waals surface area contributed by atoms with E-state index in [-0.39, 0.29) is 12.2 Å². The third-order valence-electron chi connectivity index (χ3n) is 3.74. The third kappa shape index (κ3) is 3.44. The first-order valence-electron chi connectivity index (χ1n) is 6.68. The van der Waals surface area contributed by atoms with Crippen molar-refractivity contribution in [3.05, 3.63) is 0 Å². The lowest BCUT2D eigenvalue weighted by molar-refractivity contribution is -0.0600. The molecule has 94 valence electrons. The van der Waals surface area contributed by atoms with E-state index in [0.717, 1.165) is 32.5 Å². The van der Waals surface area contributed by atoms with Gasteiger partial charge in [-0.1, -0.05) is 0 Å². The van der Waals surface area contributed by atoms with Crippen molar-refractivity contribution in [1.29, 1.82) is 0 Å². The monoisotopic (exact) mass is 228 g/mol. The number of hydrogen-bond acceptors (Lipinski definition) is 3. The highest BCUT2D eigenvalue weighted by Crippen LogP contribution is 2.37. The van der Waals surface area contributed by atoms with Crippen molar-refractivity contribution < 1.29 is 14.6 Å². The Labute approximate surface area is 98.1 Å². The van der Waals surface area contributed by atoms with Crippen molar-refractivity contribution in [3.63, 3.8) is 0 Å². The smallest absolute Gasteiger partial charge is 0.0861 e. The lowest BCUT2D eigenvalue weighted by Gasteiger charge is -2.28. The Kier molecular flexibility index (Phi) is 4.62. The van der Waals surface area contributed by atoms with E-state index in [2.05, 4.69) is 0 Å². The van der Waals surface area contributed by atoms with Gasteiger partial charge in [-0.25, -0.2) is 0 Å². The lowest BCUT2D eigenvalue weighted by atomic mass is 9.90. The summed E-state index contributed by atoms with van der Waals surface area (Å²) in [5.41, 5.74) is 0. The molecule has 2 atom stereocenters. The van der Waals surface area contributed by atoms with Crippen LogP contribution in [0.15, 0.2) is 0 Å². The molecule has 0 bridgehead atoms. The molecular weight excluding hydrogens is 204 g/mol. The molecule has 0 amide bonds. The fraction of sp³-hybridized carbons (Fsp3) is 1.00. The molecule has 1 N–H and O–H groups in total. The molecule has 1 saturated heterocycles. The Hall–Kier alpha value is -0.120. The minimum absolute atomic E-state index is 0.0906. The van der Waals surface area contributed by atoms with E-state index < -0.39 is 0 Å². The Morgan fingerprint density at radius 3 is 2.50 bits per heavy atom. The van der Waals surface area contributed by atoms with Gasteiger partial charge >= 0.3 is 0 Å². The van der Waals surface area contributed by atoms with Gasteiger partial charge in [-0.3, -0.25) is 0 Å². The molecule has 1 heterocycles. The van der Waals surface area contributed by atoms with E-state index >= 15 is 0 Å². The van der Waals surface area contributed by atoms with Crippen LogP contribution in [-0.4, -0.2) is 37.1 Å². The molecule has 3 nitrogen and oxygen atoms in total. The summed E-state index contributed by atoms with van der Waals surface area (Å²) in [5, 5.41) is 10.2. The van der Waals surface area contributed by atoms with Crippen molar-refractivity contribution >= 4 is 0 Å². The quantitative estimate of drug-likeness (QED) is 0.755. The SMILES string of the molecule is CCOC(C(O)CC1CCOCC1)C1CC1. The van der Waals surface area contributed by atoms with Crippen LogP contribution in [-0.2, 0) is 9.47 Å². The Morgan fingerprint density at radius 1 is 1.25 bits per heavy atom. The van der Waals surface area contributed by atoms with E-state index in [1.54, 1.807) is 0 Å². The number of aliphatic hydroxyl groups is 1. The maximum atomic E-state index is 10.2. The summed E-state index contributed by atoms with van der Waals surface area (Å²) in [6, 6.07) is 0. The third-order valence-corrected chi connectivity index (χ3v) is 3.74. The Bertz CT molecular complexity index is 197. The summed E-state index contributed by atoms with van der Waals surface area (Å²) in [7, 11) is 0. The predicted molar refractivity (Wildman–Crippen MR) is 62.3 cm³/mol. The van der Waals surface area contributed by atoms with Gasteiger partial charge in [0.1, 0.15) is 0 Å². The fourth-order valence-corrected chi connectivity index (χ4v) is 2.64. The number of rotatable bonds is 6. The molecule has 1 aliphatic heterocycles. The van der Waals surface area contributed by atoms with Crippen LogP contribution in [0, 0.1) is 11.8 Å². The average Bonchev–Trinajstić information content (AvgIpc) is 3.11. The van der Waals surface area contributed by atoms with Crippen LogP contribution in [0.4, 0.5) is 0 Å². The molecular formula is C13H24O3. The zero-order valence-electron chi connectivity index (χ0n) is 10.2. The van der Waals surface area contributed by atoms with Crippen molar-refractivity contribution in [3.8, 4) is 0 Å². The van der Waals surface area contributed by atoms with Crippen molar-refractivity contribution in [2.75, 3.05) is 19.8 Å². The summed E-state index contributed by atoms with van der Waals surface area (Å²) in [6.45, 7) is 4.45. The predicted octanol–water partition coefficient (Wildman–Crippen LogP) is 1.98. The molecule has 1 saturated carbocycles. The van der Waals surface area contributed by atoms with E-state index in [1.807, 2.05) is 6.92 Å². The van der Waals surface area contributed by atoms with Crippen molar-refractivity contribution in [2.45, 2.75) is 51.2 Å². The first kappa shape index (κ1) is 12.3. The zero-order valence-corrected chi connectivity index (χ0v) is 10.2. The normalized spacial score (nSPS) is 26.6. The van der Waals surface area contributed by atoms with E-state index in [9.17, 15) is 5.11 Å². The second-order valence-electron chi connectivity index (χ2n) is 5.12. The molecule has 0 spiro atoms. The van der Waals surface area contributed by atoms with Crippen molar-refractivity contribution in [1.82, 2.24) is 0 Å². The molecule has 0 aromatic carbocycles. The topological polar surface area (TPSA) is 38.7 Å². The van der Waals surface area contributed by atoms with Gasteiger partial charge in [0.2, 0.25) is 0 Å². The minimum atomic E-state index is -0.268. The Morgan fingerprint density at radius 2 is 1.94 bits per heavy atom. The van der Waals surface area contributed by atoms with Crippen LogP contribution < -0.4 is 0 Å². The fourth-order valence-electron chi connectivity index (χ4n) is 2.64. The van der Waals surface area contributed by atoms with Crippen molar-refractivity contribution in [2.24, 2.45) is 11.8 Å². The number of ether oxygens (including phenoxy) is 2. The average molecular weight is 228 g/mol. The number of aliphatic hydroxyl groups excluding tert-OH is 1. The molecule has 16 heavy (non-hydrogen) atoms. The standard InChI is InChI=1S/C13H24O3/c1-2-16-13(11-3-4-11)12(14)9-10-5-7-15-8-6-10/h10-14H,2-9H2,1H3. The lowest BCUT2D eigenvalue weighted by Crippen LogP contribution is -2.34. The van der Waals surface area contributed by atoms with Crippen LogP contribution in [0.1, 0.15) is 39.0 Å². The second-order valence-corrected chi connectivity index (χ2v) is 5.12. The highest BCUT2D eigenvalue weighted by molar-refractivity contribution is 4.88. The van der Waals surface area contributed by atoms with Gasteiger partial charge in [0, 0.05) is 19.8 Å². The van der Waals surface area contributed by atoms with Crippen LogP contribution in [0.5, 0.6) is 0 Å². The van der Waals surface area contributed by atoms with Gasteiger partial charge in [0.15, 0.2) is 0 Å². The molecule has 2 fully saturated rings. The Balaban J connectivity index is 1.77. The highest BCUT2D eigenvalue weighted by Gasteiger charge is 2.37. The van der Waals surface area contributed by atoms with E-state index in [1.165, 1.54) is 12.8 Å². The highest BCUT2D eigenvalue weighted by atomic mass is 16.5. The molecule has 2 rings (SSSR count). The summed E-state index contributed by atoms with van der Waals surface area (Å²) in [6.07, 6.45) is 5.37. The first-order chi connectivity index (χ1) is 7.81. The maximum absolute atomic E-state index is 10.2. The second kappa shape index (κ2) is 5.99. The first-order valence-corrected chi connectivity index (χ1v) is 6.68. The van der Waals surface area contributed by atoms with Gasteiger partial charge in [-0.15, -0.1) is 0 Å². The molecule has 0 radical (unpaired) electrons. The molecule has 2 unspecified atom stereocenters. The largest absolute Gasteiger partial charge is 0.390 e. The van der Waals surface area contributed by atoms with Gasteiger partial charge in [-0.2, -0.15) is 0 Å². The van der Waals surface area contributed by atoms with Crippen LogP contribution in [0.2, 0.25) is 0 Å². The zero-order chi connectivity index (χ0) is 11.4. The molecule has 2 aliphatic rings. The van der Waals surface area contributed by atoms with Crippen LogP contribution in [0.25, 0.3) is 0 Å². The van der Waals surface area contributed by atoms with E-state index in [4.69, 9.17) is 9.47 Å². The van der Waals surface area contributed by atoms with Crippen LogP contribution >= 0.6 is 0 Å². The van der Waals surface area contributed by atoms with E-state index in [0.29, 0.717) is 18.4 Å². The summed E-state index contributed by atoms with van der Waals surface area (Å²) >= 11 is 0. The molecule has 3 heteroatoms. The molecule has 0 aromatic heterocycles. The van der Waals surface area contributed by atoms with Crippen LogP contribution in [0.3, 0.4) is 0 Å². The molecule has 1 aliphatic carbocycles. The summed E-state index contributed by atoms with van der Waals surface area (Å²) in [4.78, 5) is 0. The summed E-state index contributed by atoms with van der Waals surface area (Å²) < 4.78 is 11.0. The minimum Gasteiger partial charge on any atom is -0.390 e. The molecule has 0 aromatic rings. The van der Waals surface area contributed by atoms with Gasteiger partial charge in [0.05, 0.1) is 12.2 Å².